The van der Waals surface area contributed by atoms with Gasteiger partial charge in [-0.15, -0.1) is 0 Å². The van der Waals surface area contributed by atoms with Crippen LogP contribution >= 0.6 is 11.6 Å². The summed E-state index contributed by atoms with van der Waals surface area (Å²) < 4.78 is 4.82. The van der Waals surface area contributed by atoms with Crippen molar-refractivity contribution in [3.8, 4) is 0 Å². The van der Waals surface area contributed by atoms with Crippen LogP contribution in [0.2, 0.25) is 5.02 Å². The third-order valence-electron chi connectivity index (χ3n) is 2.31. The van der Waals surface area contributed by atoms with Crippen LogP contribution in [-0.2, 0) is 14.3 Å². The normalized spacial score (nSPS) is 10.1. The molecule has 0 atom stereocenters. The van der Waals surface area contributed by atoms with E-state index in [1.54, 1.807) is 12.1 Å². The summed E-state index contributed by atoms with van der Waals surface area (Å²) in [6.07, 6.45) is 0. The van der Waals surface area contributed by atoms with Crippen molar-refractivity contribution in [3.63, 3.8) is 0 Å². The first-order valence-electron chi connectivity index (χ1n) is 6.37. The predicted molar refractivity (Wildman–Crippen MR) is 78.0 cm³/mol. The molecule has 7 heteroatoms. The van der Waals surface area contributed by atoms with Crippen molar-refractivity contribution in [2.45, 2.75) is 19.9 Å². The van der Waals surface area contributed by atoms with Crippen molar-refractivity contribution in [3.05, 3.63) is 34.9 Å². The molecule has 2 amide bonds. The number of benzene rings is 1. The Morgan fingerprint density at radius 3 is 2.33 bits per heavy atom. The second-order valence-corrected chi connectivity index (χ2v) is 5.02. The van der Waals surface area contributed by atoms with Crippen LogP contribution in [0.15, 0.2) is 24.3 Å². The number of hydrogen-bond donors (Lipinski definition) is 2. The summed E-state index contributed by atoms with van der Waals surface area (Å²) in [4.78, 5) is 34.4. The lowest BCUT2D eigenvalue weighted by Gasteiger charge is -2.09. The Labute approximate surface area is 127 Å². The van der Waals surface area contributed by atoms with Crippen LogP contribution in [0, 0.1) is 0 Å². The molecule has 1 rings (SSSR count). The molecule has 2 N–H and O–H groups in total. The third-order valence-corrected chi connectivity index (χ3v) is 2.56. The number of nitrogens with one attached hydrogen (secondary N) is 2. The van der Waals surface area contributed by atoms with Gasteiger partial charge < -0.3 is 15.4 Å². The van der Waals surface area contributed by atoms with E-state index in [1.165, 1.54) is 12.1 Å². The largest absolute Gasteiger partial charge is 0.452 e. The molecular formula is C14H17ClN2O4. The molecule has 1 aromatic rings. The highest BCUT2D eigenvalue weighted by molar-refractivity contribution is 6.30. The molecule has 0 fully saturated rings. The Bertz CT molecular complexity index is 514. The lowest BCUT2D eigenvalue weighted by molar-refractivity contribution is -0.128. The molecular weight excluding hydrogens is 296 g/mol. The van der Waals surface area contributed by atoms with Crippen molar-refractivity contribution >= 4 is 29.4 Å². The van der Waals surface area contributed by atoms with Gasteiger partial charge in [0.2, 0.25) is 5.91 Å². The highest BCUT2D eigenvalue weighted by Gasteiger charge is 2.11. The number of carbonyl (C=O) groups excluding carboxylic acids is 3. The number of ether oxygens (including phenoxy) is 1. The van der Waals surface area contributed by atoms with E-state index in [0.717, 1.165) is 0 Å². The van der Waals surface area contributed by atoms with Crippen LogP contribution in [0.1, 0.15) is 24.2 Å². The van der Waals surface area contributed by atoms with Crippen LogP contribution in [0.5, 0.6) is 0 Å². The highest BCUT2D eigenvalue weighted by Crippen LogP contribution is 2.10. The number of hydrogen-bond acceptors (Lipinski definition) is 4. The molecule has 0 saturated carbocycles. The Balaban J connectivity index is 2.31. The second-order valence-electron chi connectivity index (χ2n) is 4.58. The predicted octanol–water partition coefficient (Wildman–Crippen LogP) is 1.14. The summed E-state index contributed by atoms with van der Waals surface area (Å²) in [5.41, 5.74) is 0.296. The fraction of sp³-hybridized carbons (Fsp3) is 0.357. The van der Waals surface area contributed by atoms with Gasteiger partial charge in [-0.25, -0.2) is 4.79 Å². The van der Waals surface area contributed by atoms with Gasteiger partial charge in [0, 0.05) is 11.1 Å². The zero-order chi connectivity index (χ0) is 15.8. The third kappa shape index (κ3) is 6.76. The van der Waals surface area contributed by atoms with Gasteiger partial charge in [-0.2, -0.15) is 0 Å². The van der Waals surface area contributed by atoms with Gasteiger partial charge >= 0.3 is 5.97 Å². The molecule has 0 aromatic heterocycles. The maximum atomic E-state index is 11.6. The number of amides is 2. The van der Waals surface area contributed by atoms with E-state index in [9.17, 15) is 14.4 Å². The van der Waals surface area contributed by atoms with Gasteiger partial charge in [-0.05, 0) is 38.1 Å². The minimum absolute atomic E-state index is 0.00265. The molecule has 0 aliphatic carbocycles. The Morgan fingerprint density at radius 2 is 1.76 bits per heavy atom. The summed E-state index contributed by atoms with van der Waals surface area (Å²) in [6, 6.07) is 6.09. The number of esters is 1. The molecule has 0 aliphatic heterocycles. The smallest absolute Gasteiger partial charge is 0.338 e. The molecule has 0 aliphatic rings. The topological polar surface area (TPSA) is 84.5 Å². The van der Waals surface area contributed by atoms with Crippen LogP contribution in [-0.4, -0.2) is 37.0 Å². The zero-order valence-electron chi connectivity index (χ0n) is 11.8. The van der Waals surface area contributed by atoms with Gasteiger partial charge in [0.15, 0.2) is 6.61 Å². The van der Waals surface area contributed by atoms with E-state index in [2.05, 4.69) is 10.6 Å². The minimum atomic E-state index is -0.631. The second kappa shape index (κ2) is 8.26. The molecule has 0 unspecified atom stereocenters. The number of carbonyl (C=O) groups is 3. The lowest BCUT2D eigenvalue weighted by Crippen LogP contribution is -2.41. The van der Waals surface area contributed by atoms with Crippen molar-refractivity contribution in [1.82, 2.24) is 10.6 Å². The Kier molecular flexibility index (Phi) is 6.68. The van der Waals surface area contributed by atoms with Gasteiger partial charge in [0.05, 0.1) is 12.1 Å². The van der Waals surface area contributed by atoms with E-state index in [4.69, 9.17) is 16.3 Å². The maximum absolute atomic E-state index is 11.6. The highest BCUT2D eigenvalue weighted by atomic mass is 35.5. The van der Waals surface area contributed by atoms with Crippen molar-refractivity contribution in [1.29, 1.82) is 0 Å². The number of rotatable bonds is 6. The Hall–Kier alpha value is -2.08. The summed E-state index contributed by atoms with van der Waals surface area (Å²) in [6.45, 7) is 3.02. The lowest BCUT2D eigenvalue weighted by atomic mass is 10.2. The quantitative estimate of drug-likeness (QED) is 0.771. The maximum Gasteiger partial charge on any atom is 0.338 e. The fourth-order valence-corrected chi connectivity index (χ4v) is 1.53. The number of halogens is 1. The molecule has 0 radical (unpaired) electrons. The summed E-state index contributed by atoms with van der Waals surface area (Å²) in [5, 5.41) is 5.48. The average molecular weight is 313 g/mol. The van der Waals surface area contributed by atoms with Gasteiger partial charge in [0.1, 0.15) is 0 Å². The molecule has 0 bridgehead atoms. The Morgan fingerprint density at radius 1 is 1.14 bits per heavy atom. The van der Waals surface area contributed by atoms with E-state index >= 15 is 0 Å². The summed E-state index contributed by atoms with van der Waals surface area (Å²) in [5.74, 6) is -1.48. The summed E-state index contributed by atoms with van der Waals surface area (Å²) in [7, 11) is 0. The molecule has 1 aromatic carbocycles. The first kappa shape index (κ1) is 17.0. The molecule has 0 spiro atoms. The van der Waals surface area contributed by atoms with E-state index in [1.807, 2.05) is 13.8 Å². The molecule has 21 heavy (non-hydrogen) atoms. The first-order valence-corrected chi connectivity index (χ1v) is 6.75. The summed E-state index contributed by atoms with van der Waals surface area (Å²) >= 11 is 5.70. The zero-order valence-corrected chi connectivity index (χ0v) is 12.6. The van der Waals surface area contributed by atoms with Crippen LogP contribution < -0.4 is 10.6 Å². The van der Waals surface area contributed by atoms with Gasteiger partial charge in [-0.3, -0.25) is 9.59 Å². The van der Waals surface area contributed by atoms with Crippen LogP contribution in [0.3, 0.4) is 0 Å². The van der Waals surface area contributed by atoms with Crippen LogP contribution in [0.4, 0.5) is 0 Å². The van der Waals surface area contributed by atoms with Crippen molar-refractivity contribution < 1.29 is 19.1 Å². The first-order chi connectivity index (χ1) is 9.88. The van der Waals surface area contributed by atoms with Crippen molar-refractivity contribution in [2.75, 3.05) is 13.2 Å². The molecule has 114 valence electrons. The molecule has 0 saturated heterocycles. The average Bonchev–Trinajstić information content (AvgIpc) is 2.42. The monoisotopic (exact) mass is 312 g/mol. The van der Waals surface area contributed by atoms with E-state index < -0.39 is 18.5 Å². The van der Waals surface area contributed by atoms with Crippen molar-refractivity contribution in [2.24, 2.45) is 0 Å². The molecule has 0 heterocycles. The fourth-order valence-electron chi connectivity index (χ4n) is 1.40. The SMILES string of the molecule is CC(C)NC(=O)CNC(=O)COC(=O)c1ccc(Cl)cc1. The van der Waals surface area contributed by atoms with E-state index in [-0.39, 0.29) is 18.5 Å². The van der Waals surface area contributed by atoms with Gasteiger partial charge in [0.25, 0.3) is 5.91 Å². The van der Waals surface area contributed by atoms with Crippen LogP contribution in [0.25, 0.3) is 0 Å². The standard InChI is InChI=1S/C14H17ClN2O4/c1-9(2)17-12(18)7-16-13(19)8-21-14(20)10-3-5-11(15)6-4-10/h3-6,9H,7-8H2,1-2H3,(H,16,19)(H,17,18). The van der Waals surface area contributed by atoms with E-state index in [0.29, 0.717) is 10.6 Å². The van der Waals surface area contributed by atoms with Gasteiger partial charge in [-0.1, -0.05) is 11.6 Å². The minimum Gasteiger partial charge on any atom is -0.452 e. The molecule has 6 nitrogen and oxygen atoms in total.